The van der Waals surface area contributed by atoms with Gasteiger partial charge in [0.25, 0.3) is 0 Å². The molecule has 14 heavy (non-hydrogen) atoms. The van der Waals surface area contributed by atoms with Crippen LogP contribution in [-0.2, 0) is 24.3 Å². The molecule has 1 aliphatic rings. The van der Waals surface area contributed by atoms with Gasteiger partial charge in [0.15, 0.2) is 0 Å². The molecule has 0 N–H and O–H groups in total. The fraction of sp³-hybridized carbons (Fsp3) is 0.600. The van der Waals surface area contributed by atoms with Crippen LogP contribution in [0.15, 0.2) is 6.20 Å². The van der Waals surface area contributed by atoms with Crippen LogP contribution in [0, 0.1) is 0 Å². The summed E-state index contributed by atoms with van der Waals surface area (Å²) in [5, 5.41) is 0. The summed E-state index contributed by atoms with van der Waals surface area (Å²) < 4.78 is 2.22. The maximum absolute atomic E-state index is 11.2. The van der Waals surface area contributed by atoms with Crippen LogP contribution in [0.25, 0.3) is 0 Å². The largest absolute Gasteiger partial charge is 0.335 e. The highest BCUT2D eigenvalue weighted by Crippen LogP contribution is 2.14. The van der Waals surface area contributed by atoms with Crippen molar-refractivity contribution in [1.29, 1.82) is 0 Å². The normalized spacial score (nSPS) is 15.4. The lowest BCUT2D eigenvalue weighted by Crippen LogP contribution is -2.36. The van der Waals surface area contributed by atoms with E-state index in [-0.39, 0.29) is 5.91 Å². The molecule has 2 rings (SSSR count). The number of fused-ring (bicyclic) bond motifs is 1. The molecule has 1 amide bonds. The lowest BCUT2D eigenvalue weighted by atomic mass is 10.3. The molecule has 0 aromatic carbocycles. The van der Waals surface area contributed by atoms with Crippen LogP contribution in [0.4, 0.5) is 0 Å². The summed E-state index contributed by atoms with van der Waals surface area (Å²) in [6, 6.07) is 0. The van der Waals surface area contributed by atoms with E-state index in [0.29, 0.717) is 6.54 Å². The molecule has 4 nitrogen and oxygen atoms in total. The molecule has 1 aromatic rings. The number of aromatic nitrogens is 2. The van der Waals surface area contributed by atoms with E-state index >= 15 is 0 Å². The first-order valence-electron chi connectivity index (χ1n) is 5.01. The lowest BCUT2D eigenvalue weighted by Gasteiger charge is -2.27. The Hall–Kier alpha value is -1.32. The average Bonchev–Trinajstić information content (AvgIpc) is 2.59. The molecule has 0 saturated carbocycles. The second-order valence-electron chi connectivity index (χ2n) is 3.61. The van der Waals surface area contributed by atoms with Crippen LogP contribution in [-0.4, -0.2) is 26.9 Å². The van der Waals surface area contributed by atoms with Crippen LogP contribution < -0.4 is 0 Å². The number of aryl methyl sites for hydroxylation is 1. The molecule has 76 valence electrons. The van der Waals surface area contributed by atoms with E-state index < -0.39 is 0 Å². The summed E-state index contributed by atoms with van der Waals surface area (Å²) in [5.41, 5.74) is 1.16. The van der Waals surface area contributed by atoms with Crippen LogP contribution in [0.3, 0.4) is 0 Å². The summed E-state index contributed by atoms with van der Waals surface area (Å²) in [4.78, 5) is 17.4. The fourth-order valence-corrected chi connectivity index (χ4v) is 1.90. The van der Waals surface area contributed by atoms with Crippen molar-refractivity contribution in [2.75, 3.05) is 6.54 Å². The third-order valence-electron chi connectivity index (χ3n) is 2.73. The standard InChI is InChI=1S/C10H15N3O/c1-3-10-11-6-9-7-12(8(2)14)4-5-13(9)10/h6H,3-5,7H2,1-2H3. The molecule has 0 radical (unpaired) electrons. The van der Waals surface area contributed by atoms with Crippen LogP contribution in [0.5, 0.6) is 0 Å². The summed E-state index contributed by atoms with van der Waals surface area (Å²) in [6.07, 6.45) is 2.84. The molecule has 4 heteroatoms. The second kappa shape index (κ2) is 3.44. The summed E-state index contributed by atoms with van der Waals surface area (Å²) in [6.45, 7) is 6.13. The van der Waals surface area contributed by atoms with Gasteiger partial charge in [-0.3, -0.25) is 4.79 Å². The van der Waals surface area contributed by atoms with Gasteiger partial charge in [0.1, 0.15) is 5.82 Å². The van der Waals surface area contributed by atoms with E-state index in [9.17, 15) is 4.79 Å². The smallest absolute Gasteiger partial charge is 0.219 e. The fourth-order valence-electron chi connectivity index (χ4n) is 1.90. The molecule has 0 fully saturated rings. The SMILES string of the molecule is CCc1ncc2n1CCN(C(C)=O)C2. The van der Waals surface area contributed by atoms with E-state index in [2.05, 4.69) is 16.5 Å². The number of nitrogens with zero attached hydrogens (tertiary/aromatic N) is 3. The van der Waals surface area contributed by atoms with E-state index in [1.807, 2.05) is 11.1 Å². The summed E-state index contributed by atoms with van der Waals surface area (Å²) >= 11 is 0. The van der Waals surface area contributed by atoms with Gasteiger partial charge in [-0.05, 0) is 0 Å². The Kier molecular flexibility index (Phi) is 2.27. The van der Waals surface area contributed by atoms with Gasteiger partial charge in [-0.1, -0.05) is 6.92 Å². The molecule has 0 spiro atoms. The zero-order valence-electron chi connectivity index (χ0n) is 8.66. The van der Waals surface area contributed by atoms with Crippen molar-refractivity contribution in [3.05, 3.63) is 17.7 Å². The molecule has 0 aliphatic carbocycles. The van der Waals surface area contributed by atoms with Gasteiger partial charge in [-0.25, -0.2) is 4.98 Å². The molecule has 1 aromatic heterocycles. The Labute approximate surface area is 83.5 Å². The van der Waals surface area contributed by atoms with E-state index in [1.54, 1.807) is 6.92 Å². The van der Waals surface area contributed by atoms with E-state index in [4.69, 9.17) is 0 Å². The summed E-state index contributed by atoms with van der Waals surface area (Å²) in [5.74, 6) is 1.28. The minimum atomic E-state index is 0.149. The maximum Gasteiger partial charge on any atom is 0.219 e. The molecule has 0 bridgehead atoms. The predicted octanol–water partition coefficient (Wildman–Crippen LogP) is 0.808. The number of imidazole rings is 1. The van der Waals surface area contributed by atoms with Crippen molar-refractivity contribution in [3.63, 3.8) is 0 Å². The first kappa shape index (κ1) is 9.24. The van der Waals surface area contributed by atoms with Crippen LogP contribution in [0.2, 0.25) is 0 Å². The first-order chi connectivity index (χ1) is 6.72. The third kappa shape index (κ3) is 1.41. The molecule has 0 saturated heterocycles. The van der Waals surface area contributed by atoms with Crippen molar-refractivity contribution in [2.45, 2.75) is 33.4 Å². The van der Waals surface area contributed by atoms with Gasteiger partial charge in [0, 0.05) is 26.4 Å². The first-order valence-corrected chi connectivity index (χ1v) is 5.01. The van der Waals surface area contributed by atoms with Gasteiger partial charge in [-0.15, -0.1) is 0 Å². The highest BCUT2D eigenvalue weighted by Gasteiger charge is 2.19. The minimum absolute atomic E-state index is 0.149. The monoisotopic (exact) mass is 193 g/mol. The highest BCUT2D eigenvalue weighted by atomic mass is 16.2. The van der Waals surface area contributed by atoms with E-state index in [0.717, 1.165) is 31.0 Å². The quantitative estimate of drug-likeness (QED) is 0.662. The van der Waals surface area contributed by atoms with Crippen molar-refractivity contribution in [1.82, 2.24) is 14.5 Å². The topological polar surface area (TPSA) is 38.1 Å². The Bertz CT molecular complexity index is 356. The number of hydrogen-bond donors (Lipinski definition) is 0. The molecule has 0 atom stereocenters. The lowest BCUT2D eigenvalue weighted by molar-refractivity contribution is -0.130. The summed E-state index contributed by atoms with van der Waals surface area (Å²) in [7, 11) is 0. The zero-order chi connectivity index (χ0) is 10.1. The van der Waals surface area contributed by atoms with Gasteiger partial charge >= 0.3 is 0 Å². The van der Waals surface area contributed by atoms with Crippen molar-refractivity contribution < 1.29 is 4.79 Å². The van der Waals surface area contributed by atoms with Crippen LogP contribution >= 0.6 is 0 Å². The molecule has 1 aliphatic heterocycles. The van der Waals surface area contributed by atoms with Gasteiger partial charge in [0.05, 0.1) is 18.4 Å². The average molecular weight is 193 g/mol. The number of carbonyl (C=O) groups is 1. The Morgan fingerprint density at radius 2 is 2.36 bits per heavy atom. The Morgan fingerprint density at radius 3 is 3.00 bits per heavy atom. The number of carbonyl (C=O) groups excluding carboxylic acids is 1. The van der Waals surface area contributed by atoms with Crippen molar-refractivity contribution in [2.24, 2.45) is 0 Å². The van der Waals surface area contributed by atoms with Crippen molar-refractivity contribution in [3.8, 4) is 0 Å². The molecular weight excluding hydrogens is 178 g/mol. The van der Waals surface area contributed by atoms with Gasteiger partial charge in [0.2, 0.25) is 5.91 Å². The van der Waals surface area contributed by atoms with Crippen molar-refractivity contribution >= 4 is 5.91 Å². The maximum atomic E-state index is 11.2. The Morgan fingerprint density at radius 1 is 1.57 bits per heavy atom. The second-order valence-corrected chi connectivity index (χ2v) is 3.61. The number of amides is 1. The third-order valence-corrected chi connectivity index (χ3v) is 2.73. The minimum Gasteiger partial charge on any atom is -0.335 e. The number of rotatable bonds is 1. The number of hydrogen-bond acceptors (Lipinski definition) is 2. The molecule has 2 heterocycles. The molecule has 0 unspecified atom stereocenters. The van der Waals surface area contributed by atoms with E-state index in [1.165, 1.54) is 0 Å². The predicted molar refractivity (Wildman–Crippen MR) is 52.7 cm³/mol. The zero-order valence-corrected chi connectivity index (χ0v) is 8.66. The molecular formula is C10H15N3O. The Balaban J connectivity index is 2.24. The highest BCUT2D eigenvalue weighted by molar-refractivity contribution is 5.73. The van der Waals surface area contributed by atoms with Gasteiger partial charge < -0.3 is 9.47 Å². The van der Waals surface area contributed by atoms with Crippen LogP contribution in [0.1, 0.15) is 25.4 Å². The van der Waals surface area contributed by atoms with Gasteiger partial charge in [-0.2, -0.15) is 0 Å².